The lowest BCUT2D eigenvalue weighted by Gasteiger charge is -2.43. The van der Waals surface area contributed by atoms with E-state index in [9.17, 15) is 14.4 Å². The summed E-state index contributed by atoms with van der Waals surface area (Å²) in [6.45, 7) is 3.62. The van der Waals surface area contributed by atoms with E-state index in [4.69, 9.17) is 23.7 Å². The third kappa shape index (κ3) is 5.73. The Hall–Kier alpha value is -4.15. The van der Waals surface area contributed by atoms with Crippen molar-refractivity contribution in [1.82, 2.24) is 9.80 Å². The van der Waals surface area contributed by atoms with E-state index in [0.29, 0.717) is 67.9 Å². The molecule has 0 unspecified atom stereocenters. The average Bonchev–Trinajstić information content (AvgIpc) is 3.00. The van der Waals surface area contributed by atoms with E-state index in [0.717, 1.165) is 5.56 Å². The molecule has 0 aromatic heterocycles. The summed E-state index contributed by atoms with van der Waals surface area (Å²) in [5, 5.41) is 0. The molecule has 2 aliphatic rings. The molecule has 0 spiro atoms. The quantitative estimate of drug-likeness (QED) is 0.487. The number of piperazine rings is 1. The van der Waals surface area contributed by atoms with Crippen LogP contribution in [0.25, 0.3) is 0 Å². The summed E-state index contributed by atoms with van der Waals surface area (Å²) in [5.41, 5.74) is 1.33. The topological polar surface area (TPSA) is 107 Å². The highest BCUT2D eigenvalue weighted by Crippen LogP contribution is 2.46. The van der Waals surface area contributed by atoms with E-state index in [2.05, 4.69) is 0 Å². The first-order valence-corrected chi connectivity index (χ1v) is 13.3. The first-order valence-electron chi connectivity index (χ1n) is 13.3. The van der Waals surface area contributed by atoms with Crippen LogP contribution in [0.5, 0.6) is 23.0 Å². The van der Waals surface area contributed by atoms with Crippen LogP contribution in [-0.2, 0) is 14.3 Å². The minimum Gasteiger partial charge on any atom is -0.497 e. The summed E-state index contributed by atoms with van der Waals surface area (Å²) < 4.78 is 27.1. The molecule has 2 fully saturated rings. The number of hydrogen-bond donors (Lipinski definition) is 0. The molecule has 0 radical (unpaired) electrons. The number of methoxy groups -OCH3 is 4. The van der Waals surface area contributed by atoms with Gasteiger partial charge in [0, 0.05) is 44.7 Å². The third-order valence-electron chi connectivity index (χ3n) is 7.42. The summed E-state index contributed by atoms with van der Waals surface area (Å²) in [7, 11) is 6.14. The lowest BCUT2D eigenvalue weighted by atomic mass is 9.82. The van der Waals surface area contributed by atoms with Crippen molar-refractivity contribution in [2.75, 3.05) is 66.1 Å². The maximum absolute atomic E-state index is 14.1. The molecule has 0 bridgehead atoms. The lowest BCUT2D eigenvalue weighted by molar-refractivity contribution is -0.140. The molecular formula is C29H37N3O8. The largest absolute Gasteiger partial charge is 0.497 e. The number of nitrogens with zero attached hydrogens (tertiary/aromatic N) is 3. The molecule has 3 amide bonds. The van der Waals surface area contributed by atoms with Crippen molar-refractivity contribution in [2.24, 2.45) is 5.92 Å². The van der Waals surface area contributed by atoms with Crippen molar-refractivity contribution in [3.05, 3.63) is 42.0 Å². The van der Waals surface area contributed by atoms with Crippen molar-refractivity contribution in [2.45, 2.75) is 25.8 Å². The Morgan fingerprint density at radius 2 is 1.45 bits per heavy atom. The molecular weight excluding hydrogens is 518 g/mol. The molecule has 216 valence electrons. The lowest BCUT2D eigenvalue weighted by Crippen LogP contribution is -2.55. The van der Waals surface area contributed by atoms with Gasteiger partial charge in [0.15, 0.2) is 11.5 Å². The van der Waals surface area contributed by atoms with Crippen molar-refractivity contribution >= 4 is 23.6 Å². The summed E-state index contributed by atoms with van der Waals surface area (Å²) in [4.78, 5) is 44.9. The molecule has 0 saturated carbocycles. The molecule has 11 nitrogen and oxygen atoms in total. The number of carbonyl (C=O) groups is 3. The van der Waals surface area contributed by atoms with Crippen LogP contribution in [-0.4, -0.2) is 88.9 Å². The molecule has 2 heterocycles. The second-order valence-electron chi connectivity index (χ2n) is 9.52. The fourth-order valence-electron chi connectivity index (χ4n) is 5.40. The number of anilines is 1. The first-order chi connectivity index (χ1) is 19.4. The Bertz CT molecular complexity index is 1190. The van der Waals surface area contributed by atoms with Crippen LogP contribution in [0, 0.1) is 5.92 Å². The predicted octanol–water partition coefficient (Wildman–Crippen LogP) is 3.51. The molecule has 0 N–H and O–H groups in total. The Kier molecular flexibility index (Phi) is 9.23. The van der Waals surface area contributed by atoms with Gasteiger partial charge < -0.3 is 38.4 Å². The average molecular weight is 556 g/mol. The number of amides is 3. The number of carbonyl (C=O) groups excluding carboxylic acids is 3. The zero-order valence-corrected chi connectivity index (χ0v) is 23.7. The predicted molar refractivity (Wildman–Crippen MR) is 147 cm³/mol. The molecule has 2 aliphatic heterocycles. The Balaban J connectivity index is 1.72. The first kappa shape index (κ1) is 28.8. The zero-order valence-electron chi connectivity index (χ0n) is 23.7. The minimum absolute atomic E-state index is 0.0609. The fourth-order valence-corrected chi connectivity index (χ4v) is 5.40. The van der Waals surface area contributed by atoms with Crippen molar-refractivity contribution < 1.29 is 38.1 Å². The molecule has 4 rings (SSSR count). The Morgan fingerprint density at radius 1 is 0.850 bits per heavy atom. The highest BCUT2D eigenvalue weighted by molar-refractivity contribution is 5.98. The van der Waals surface area contributed by atoms with Gasteiger partial charge in [-0.1, -0.05) is 12.1 Å². The van der Waals surface area contributed by atoms with Crippen LogP contribution in [0.1, 0.15) is 31.4 Å². The third-order valence-corrected chi connectivity index (χ3v) is 7.42. The van der Waals surface area contributed by atoms with E-state index in [1.807, 2.05) is 24.3 Å². The van der Waals surface area contributed by atoms with Crippen LogP contribution < -0.4 is 23.8 Å². The van der Waals surface area contributed by atoms with Gasteiger partial charge in [0.1, 0.15) is 5.75 Å². The molecule has 2 saturated heterocycles. The van der Waals surface area contributed by atoms with Crippen molar-refractivity contribution in [1.29, 1.82) is 0 Å². The molecule has 0 aliphatic carbocycles. The van der Waals surface area contributed by atoms with E-state index >= 15 is 0 Å². The summed E-state index contributed by atoms with van der Waals surface area (Å²) in [6.07, 6.45) is 0.221. The highest BCUT2D eigenvalue weighted by Gasteiger charge is 2.44. The van der Waals surface area contributed by atoms with E-state index in [-0.39, 0.29) is 24.3 Å². The van der Waals surface area contributed by atoms with Crippen LogP contribution in [0.3, 0.4) is 0 Å². The van der Waals surface area contributed by atoms with Gasteiger partial charge in [-0.3, -0.25) is 9.59 Å². The van der Waals surface area contributed by atoms with Crippen LogP contribution in [0.4, 0.5) is 10.5 Å². The minimum atomic E-state index is -0.592. The Morgan fingerprint density at radius 3 is 1.98 bits per heavy atom. The van der Waals surface area contributed by atoms with E-state index < -0.39 is 12.0 Å². The summed E-state index contributed by atoms with van der Waals surface area (Å²) in [5.74, 6) is 1.19. The number of benzene rings is 2. The monoisotopic (exact) mass is 555 g/mol. The highest BCUT2D eigenvalue weighted by atomic mass is 16.6. The van der Waals surface area contributed by atoms with Gasteiger partial charge in [0.2, 0.25) is 17.6 Å². The smallest absolute Gasteiger partial charge is 0.409 e. The molecule has 2 aromatic rings. The van der Waals surface area contributed by atoms with Gasteiger partial charge in [-0.05, 0) is 31.0 Å². The van der Waals surface area contributed by atoms with Gasteiger partial charge in [-0.2, -0.15) is 0 Å². The SMILES string of the molecule is CCOC(=O)N1CCN(C(=O)[C@H]2CCC(=O)N(c3cc(OC)c(OC)c(OC)c3)[C@H]2c2ccc(OC)cc2)CC1. The van der Waals surface area contributed by atoms with Gasteiger partial charge in [-0.25, -0.2) is 4.79 Å². The number of hydrogen-bond acceptors (Lipinski definition) is 8. The molecule has 40 heavy (non-hydrogen) atoms. The van der Waals surface area contributed by atoms with Gasteiger partial charge >= 0.3 is 6.09 Å². The Labute approximate surface area is 234 Å². The zero-order chi connectivity index (χ0) is 28.8. The van der Waals surface area contributed by atoms with Crippen LogP contribution in [0.15, 0.2) is 36.4 Å². The second-order valence-corrected chi connectivity index (χ2v) is 9.52. The summed E-state index contributed by atoms with van der Waals surface area (Å²) >= 11 is 0. The van der Waals surface area contributed by atoms with Crippen LogP contribution >= 0.6 is 0 Å². The van der Waals surface area contributed by atoms with Gasteiger partial charge in [0.05, 0.1) is 52.7 Å². The van der Waals surface area contributed by atoms with E-state index in [1.54, 1.807) is 40.9 Å². The summed E-state index contributed by atoms with van der Waals surface area (Å²) in [6, 6.07) is 10.3. The van der Waals surface area contributed by atoms with Crippen molar-refractivity contribution in [3.63, 3.8) is 0 Å². The normalized spacial score (nSPS) is 19.2. The maximum Gasteiger partial charge on any atom is 0.409 e. The fraction of sp³-hybridized carbons (Fsp3) is 0.483. The van der Waals surface area contributed by atoms with Gasteiger partial charge in [-0.15, -0.1) is 0 Å². The van der Waals surface area contributed by atoms with Crippen LogP contribution in [0.2, 0.25) is 0 Å². The maximum atomic E-state index is 14.1. The number of ether oxygens (including phenoxy) is 5. The van der Waals surface area contributed by atoms with E-state index in [1.165, 1.54) is 21.3 Å². The molecule has 11 heteroatoms. The van der Waals surface area contributed by atoms with Crippen molar-refractivity contribution in [3.8, 4) is 23.0 Å². The standard InChI is InChI=1S/C29H37N3O8/c1-6-40-29(35)31-15-13-30(14-16-31)28(34)22-11-12-25(33)32(26(22)19-7-9-21(36-2)10-8-19)20-17-23(37-3)27(39-5)24(18-20)38-4/h7-10,17-18,22,26H,6,11-16H2,1-5H3/t22-,26-/m0/s1. The number of rotatable bonds is 8. The molecule has 2 aromatic carbocycles. The molecule has 2 atom stereocenters. The second kappa shape index (κ2) is 12.8. The number of piperidine rings is 1. The van der Waals surface area contributed by atoms with Gasteiger partial charge in [0.25, 0.3) is 0 Å².